The predicted octanol–water partition coefficient (Wildman–Crippen LogP) is 2.98. The molecule has 0 fully saturated rings. The van der Waals surface area contributed by atoms with Crippen molar-refractivity contribution in [1.82, 2.24) is 4.98 Å². The molecule has 6 heteroatoms. The topological polar surface area (TPSA) is 81.2 Å². The minimum absolute atomic E-state index is 0. The van der Waals surface area contributed by atoms with E-state index in [1.165, 1.54) is 0 Å². The number of hydrogen-bond acceptors (Lipinski definition) is 4. The molecule has 1 aromatic heterocycles. The molecule has 0 amide bonds. The number of nitrogen functional groups attached to an aromatic ring is 1. The molecule has 1 heterocycles. The predicted molar refractivity (Wildman–Crippen MR) is 80.2 cm³/mol. The summed E-state index contributed by atoms with van der Waals surface area (Å²) in [4.78, 5) is 4.07. The third kappa shape index (κ3) is 4.13. The minimum Gasteiger partial charge on any atom is -0.494 e. The van der Waals surface area contributed by atoms with E-state index < -0.39 is 0 Å². The fourth-order valence-electron chi connectivity index (χ4n) is 1.52. The molecule has 0 saturated carbocycles. The van der Waals surface area contributed by atoms with Crippen LogP contribution in [-0.2, 0) is 0 Å². The van der Waals surface area contributed by atoms with E-state index in [1.54, 1.807) is 30.5 Å². The molecule has 5 nitrogen and oxygen atoms in total. The standard InChI is InChI=1S/C14H15N3O2.ClH/c1-2-18-11-3-5-12(6-4-11)19-13-9-10(14(15)16)7-8-17-13;/h3-9H,2H2,1H3,(H3,15,16);1H. The van der Waals surface area contributed by atoms with Crippen molar-refractivity contribution in [1.29, 1.82) is 5.41 Å². The van der Waals surface area contributed by atoms with Crippen molar-refractivity contribution in [3.05, 3.63) is 48.2 Å². The Morgan fingerprint density at radius 2 is 1.85 bits per heavy atom. The van der Waals surface area contributed by atoms with Gasteiger partial charge in [0.15, 0.2) is 0 Å². The second-order valence-corrected chi connectivity index (χ2v) is 3.80. The van der Waals surface area contributed by atoms with E-state index in [0.717, 1.165) is 5.75 Å². The van der Waals surface area contributed by atoms with Gasteiger partial charge < -0.3 is 15.2 Å². The van der Waals surface area contributed by atoms with Gasteiger partial charge in [-0.3, -0.25) is 5.41 Å². The third-order valence-electron chi connectivity index (χ3n) is 2.40. The van der Waals surface area contributed by atoms with E-state index >= 15 is 0 Å². The van der Waals surface area contributed by atoms with Crippen molar-refractivity contribution in [3.63, 3.8) is 0 Å². The molecule has 0 aliphatic heterocycles. The van der Waals surface area contributed by atoms with Gasteiger partial charge in [-0.2, -0.15) is 0 Å². The summed E-state index contributed by atoms with van der Waals surface area (Å²) in [6.07, 6.45) is 1.56. The van der Waals surface area contributed by atoms with Crippen LogP contribution in [0.15, 0.2) is 42.6 Å². The Labute approximate surface area is 123 Å². The Bertz CT molecular complexity index is 573. The number of amidine groups is 1. The summed E-state index contributed by atoms with van der Waals surface area (Å²) in [5, 5.41) is 7.36. The van der Waals surface area contributed by atoms with Crippen molar-refractivity contribution in [2.24, 2.45) is 5.73 Å². The molecule has 0 bridgehead atoms. The average molecular weight is 294 g/mol. The van der Waals surface area contributed by atoms with E-state index in [4.69, 9.17) is 20.6 Å². The third-order valence-corrected chi connectivity index (χ3v) is 2.40. The van der Waals surface area contributed by atoms with Gasteiger partial charge in [0.05, 0.1) is 6.61 Å². The minimum atomic E-state index is -0.0149. The van der Waals surface area contributed by atoms with Crippen LogP contribution in [0, 0.1) is 5.41 Å². The largest absolute Gasteiger partial charge is 0.494 e. The Morgan fingerprint density at radius 3 is 2.45 bits per heavy atom. The molecule has 0 radical (unpaired) electrons. The summed E-state index contributed by atoms with van der Waals surface area (Å²) >= 11 is 0. The number of pyridine rings is 1. The van der Waals surface area contributed by atoms with E-state index in [2.05, 4.69) is 4.98 Å². The van der Waals surface area contributed by atoms with Gasteiger partial charge in [-0.05, 0) is 37.3 Å². The number of rotatable bonds is 5. The van der Waals surface area contributed by atoms with E-state index in [1.807, 2.05) is 19.1 Å². The summed E-state index contributed by atoms with van der Waals surface area (Å²) in [6.45, 7) is 2.56. The maximum atomic E-state index is 7.36. The Hall–Kier alpha value is -2.27. The number of ether oxygens (including phenoxy) is 2. The van der Waals surface area contributed by atoms with Crippen LogP contribution in [0.25, 0.3) is 0 Å². The van der Waals surface area contributed by atoms with Gasteiger partial charge in [-0.25, -0.2) is 4.98 Å². The molecule has 0 spiro atoms. The number of nitrogens with one attached hydrogen (secondary N) is 1. The van der Waals surface area contributed by atoms with Gasteiger partial charge in [0, 0.05) is 17.8 Å². The second kappa shape index (κ2) is 7.35. The van der Waals surface area contributed by atoms with Crippen molar-refractivity contribution in [2.75, 3.05) is 6.61 Å². The molecule has 0 unspecified atom stereocenters. The maximum Gasteiger partial charge on any atom is 0.219 e. The number of nitrogens with zero attached hydrogens (tertiary/aromatic N) is 1. The molecule has 2 aromatic rings. The maximum absolute atomic E-state index is 7.36. The van der Waals surface area contributed by atoms with Crippen LogP contribution >= 0.6 is 12.4 Å². The fourth-order valence-corrected chi connectivity index (χ4v) is 1.52. The second-order valence-electron chi connectivity index (χ2n) is 3.80. The molecular formula is C14H16ClN3O2. The molecule has 1 aromatic carbocycles. The average Bonchev–Trinajstić information content (AvgIpc) is 2.42. The lowest BCUT2D eigenvalue weighted by Crippen LogP contribution is -2.11. The number of aromatic nitrogens is 1. The van der Waals surface area contributed by atoms with Crippen LogP contribution in [0.3, 0.4) is 0 Å². The molecule has 0 atom stereocenters. The smallest absolute Gasteiger partial charge is 0.219 e. The Kier molecular flexibility index (Phi) is 5.80. The summed E-state index contributed by atoms with van der Waals surface area (Å²) in [6, 6.07) is 10.5. The first-order valence-corrected chi connectivity index (χ1v) is 5.90. The molecule has 20 heavy (non-hydrogen) atoms. The first-order chi connectivity index (χ1) is 9.19. The summed E-state index contributed by atoms with van der Waals surface area (Å²) in [5.74, 6) is 1.83. The van der Waals surface area contributed by atoms with Crippen LogP contribution in [0.2, 0.25) is 0 Å². The molecule has 2 rings (SSSR count). The zero-order valence-corrected chi connectivity index (χ0v) is 11.8. The van der Waals surface area contributed by atoms with Crippen molar-refractivity contribution in [3.8, 4) is 17.4 Å². The highest BCUT2D eigenvalue weighted by molar-refractivity contribution is 5.95. The highest BCUT2D eigenvalue weighted by Crippen LogP contribution is 2.22. The Balaban J connectivity index is 0.00000200. The van der Waals surface area contributed by atoms with Gasteiger partial charge in [0.25, 0.3) is 0 Å². The molecule has 0 saturated heterocycles. The van der Waals surface area contributed by atoms with Crippen LogP contribution in [-0.4, -0.2) is 17.4 Å². The molecule has 0 aliphatic carbocycles. The van der Waals surface area contributed by atoms with Crippen LogP contribution in [0.5, 0.6) is 17.4 Å². The Morgan fingerprint density at radius 1 is 1.20 bits per heavy atom. The van der Waals surface area contributed by atoms with Crippen LogP contribution in [0.4, 0.5) is 0 Å². The first kappa shape index (κ1) is 15.8. The quantitative estimate of drug-likeness (QED) is 0.656. The number of nitrogens with two attached hydrogens (primary N) is 1. The zero-order chi connectivity index (χ0) is 13.7. The van der Waals surface area contributed by atoms with Gasteiger partial charge in [-0.1, -0.05) is 0 Å². The lowest BCUT2D eigenvalue weighted by Gasteiger charge is -2.07. The molecule has 106 valence electrons. The zero-order valence-electron chi connectivity index (χ0n) is 11.0. The van der Waals surface area contributed by atoms with Gasteiger partial charge in [-0.15, -0.1) is 12.4 Å². The van der Waals surface area contributed by atoms with Crippen molar-refractivity contribution in [2.45, 2.75) is 6.92 Å². The molecule has 3 N–H and O–H groups in total. The normalized spacial score (nSPS) is 9.45. The van der Waals surface area contributed by atoms with E-state index in [-0.39, 0.29) is 18.2 Å². The number of halogens is 1. The van der Waals surface area contributed by atoms with E-state index in [0.29, 0.717) is 23.8 Å². The van der Waals surface area contributed by atoms with Gasteiger partial charge in [0.1, 0.15) is 17.3 Å². The first-order valence-electron chi connectivity index (χ1n) is 5.90. The van der Waals surface area contributed by atoms with Gasteiger partial charge >= 0.3 is 0 Å². The SMILES string of the molecule is CCOc1ccc(Oc2cc(C(=N)N)ccn2)cc1.Cl. The summed E-state index contributed by atoms with van der Waals surface area (Å²) < 4.78 is 10.9. The lowest BCUT2D eigenvalue weighted by molar-refractivity contribution is 0.339. The fraction of sp³-hybridized carbons (Fsp3) is 0.143. The molecular weight excluding hydrogens is 278 g/mol. The summed E-state index contributed by atoms with van der Waals surface area (Å²) in [7, 11) is 0. The summed E-state index contributed by atoms with van der Waals surface area (Å²) in [5.41, 5.74) is 5.99. The highest BCUT2D eigenvalue weighted by atomic mass is 35.5. The monoisotopic (exact) mass is 293 g/mol. The van der Waals surface area contributed by atoms with Crippen molar-refractivity contribution >= 4 is 18.2 Å². The molecule has 0 aliphatic rings. The number of hydrogen-bond donors (Lipinski definition) is 2. The van der Waals surface area contributed by atoms with Gasteiger partial charge in [0.2, 0.25) is 5.88 Å². The highest BCUT2D eigenvalue weighted by Gasteiger charge is 2.02. The van der Waals surface area contributed by atoms with Crippen LogP contribution in [0.1, 0.15) is 12.5 Å². The lowest BCUT2D eigenvalue weighted by atomic mass is 10.2. The van der Waals surface area contributed by atoms with Crippen LogP contribution < -0.4 is 15.2 Å². The van der Waals surface area contributed by atoms with E-state index in [9.17, 15) is 0 Å². The number of benzene rings is 1. The van der Waals surface area contributed by atoms with Crippen molar-refractivity contribution < 1.29 is 9.47 Å².